The summed E-state index contributed by atoms with van der Waals surface area (Å²) < 4.78 is 0. The van der Waals surface area contributed by atoms with Crippen LogP contribution in [-0.2, 0) is 19.3 Å². The van der Waals surface area contributed by atoms with E-state index in [9.17, 15) is 9.59 Å². The van der Waals surface area contributed by atoms with Gasteiger partial charge in [-0.2, -0.15) is 0 Å². The first-order chi connectivity index (χ1) is 23.2. The Balaban J connectivity index is 2.00. The Kier molecular flexibility index (Phi) is 16.2. The largest absolute Gasteiger partial charge is 0.398 e. The zero-order valence-corrected chi connectivity index (χ0v) is 32.8. The molecule has 49 heavy (non-hydrogen) atoms. The zero-order valence-electron chi connectivity index (χ0n) is 32.8. The molecule has 0 saturated carbocycles. The molecule has 5 heteroatoms. The molecule has 2 aromatic rings. The van der Waals surface area contributed by atoms with Gasteiger partial charge in [-0.1, -0.05) is 120 Å². The van der Waals surface area contributed by atoms with Crippen LogP contribution < -0.4 is 16.4 Å². The lowest BCUT2D eigenvalue weighted by Gasteiger charge is -2.24. The molecule has 1 aliphatic heterocycles. The maximum atomic E-state index is 13.9. The number of aryl methyl sites for hydroxylation is 2. The smallest absolute Gasteiger partial charge is 0.268 e. The lowest BCUT2D eigenvalue weighted by molar-refractivity contribution is 0.0926. The third-order valence-electron chi connectivity index (χ3n) is 10.9. The van der Waals surface area contributed by atoms with E-state index in [-0.39, 0.29) is 22.9 Å². The van der Waals surface area contributed by atoms with E-state index < -0.39 is 0 Å². The van der Waals surface area contributed by atoms with Gasteiger partial charge in [0.15, 0.2) is 0 Å². The van der Waals surface area contributed by atoms with Gasteiger partial charge in [-0.3, -0.25) is 9.59 Å². The van der Waals surface area contributed by atoms with Crippen LogP contribution in [0.15, 0.2) is 24.3 Å². The highest BCUT2D eigenvalue weighted by Gasteiger charge is 2.40. The number of anilines is 3. The molecular weight excluding hydrogens is 603 g/mol. The first-order valence-corrected chi connectivity index (χ1v) is 19.9. The van der Waals surface area contributed by atoms with Crippen LogP contribution in [0.4, 0.5) is 17.1 Å². The number of carbonyl (C=O) groups excluding carboxylic acids is 2. The van der Waals surface area contributed by atoms with Gasteiger partial charge >= 0.3 is 0 Å². The number of amides is 2. The van der Waals surface area contributed by atoms with Gasteiger partial charge in [0.25, 0.3) is 11.8 Å². The Hall–Kier alpha value is -2.82. The van der Waals surface area contributed by atoms with E-state index >= 15 is 0 Å². The third kappa shape index (κ3) is 12.2. The summed E-state index contributed by atoms with van der Waals surface area (Å²) in [5.41, 5.74) is 18.4. The minimum Gasteiger partial charge on any atom is -0.398 e. The van der Waals surface area contributed by atoms with E-state index in [1.54, 1.807) is 12.1 Å². The molecule has 0 aliphatic carbocycles. The minimum absolute atomic E-state index is 0.241. The second-order valence-electron chi connectivity index (χ2n) is 17.1. The van der Waals surface area contributed by atoms with Crippen molar-refractivity contribution >= 4 is 28.9 Å². The number of nitrogens with two attached hydrogens (primary N) is 2. The predicted octanol–water partition coefficient (Wildman–Crippen LogP) is 11.8. The molecule has 0 saturated heterocycles. The summed E-state index contributed by atoms with van der Waals surface area (Å²) in [5.74, 6) is 3.38. The molecule has 0 fully saturated rings. The molecule has 0 spiro atoms. The van der Waals surface area contributed by atoms with Gasteiger partial charge in [0, 0.05) is 11.4 Å². The van der Waals surface area contributed by atoms with Crippen LogP contribution in [0.5, 0.6) is 0 Å². The number of hydrogen-bond donors (Lipinski definition) is 2. The Labute approximate surface area is 300 Å². The van der Waals surface area contributed by atoms with Gasteiger partial charge < -0.3 is 11.5 Å². The van der Waals surface area contributed by atoms with E-state index in [0.717, 1.165) is 56.3 Å². The average molecular weight is 674 g/mol. The Morgan fingerprint density at radius 2 is 0.857 bits per heavy atom. The maximum Gasteiger partial charge on any atom is 0.268 e. The second-order valence-corrected chi connectivity index (χ2v) is 17.1. The third-order valence-corrected chi connectivity index (χ3v) is 10.9. The normalized spacial score (nSPS) is 15.1. The molecule has 0 aromatic heterocycles. The number of carbonyl (C=O) groups is 2. The van der Waals surface area contributed by atoms with Gasteiger partial charge in [-0.25, -0.2) is 4.90 Å². The molecule has 2 aromatic carbocycles. The molecule has 1 aliphatic rings. The van der Waals surface area contributed by atoms with E-state index in [1.165, 1.54) is 79.4 Å². The Morgan fingerprint density at radius 1 is 0.510 bits per heavy atom. The number of nitrogens with zero attached hydrogens (tertiary/aromatic N) is 1. The fraction of sp³-hybridized carbons (Fsp3) is 0.682. The van der Waals surface area contributed by atoms with Crippen molar-refractivity contribution in [2.24, 2.45) is 35.5 Å². The molecule has 274 valence electrons. The average Bonchev–Trinajstić information content (AvgIpc) is 3.29. The summed E-state index contributed by atoms with van der Waals surface area (Å²) in [6.07, 6.45) is 17.7. The topological polar surface area (TPSA) is 89.4 Å². The number of nitrogen functional groups attached to an aromatic ring is 2. The molecule has 4 N–H and O–H groups in total. The van der Waals surface area contributed by atoms with Crippen molar-refractivity contribution in [1.29, 1.82) is 0 Å². The number of fused-ring (bicyclic) bond motifs is 1. The predicted molar refractivity (Wildman–Crippen MR) is 211 cm³/mol. The molecule has 3 atom stereocenters. The SMILES string of the molecule is CC(C)CCC[C@H](C)CCc1cc(N2C(=O)c3c(N)ccc(N)c3C2=O)cc(CC[C@@H](C)CCCC(C)C)c1CC[C@@H](C)CCCC(C)C. The van der Waals surface area contributed by atoms with Gasteiger partial charge in [0.2, 0.25) is 0 Å². The highest BCUT2D eigenvalue weighted by Crippen LogP contribution is 2.38. The van der Waals surface area contributed by atoms with E-state index in [0.29, 0.717) is 34.8 Å². The van der Waals surface area contributed by atoms with E-state index in [1.807, 2.05) is 0 Å². The highest BCUT2D eigenvalue weighted by molar-refractivity contribution is 6.37. The fourth-order valence-corrected chi connectivity index (χ4v) is 7.57. The Bertz CT molecular complexity index is 1270. The summed E-state index contributed by atoms with van der Waals surface area (Å²) in [5, 5.41) is 0. The second kappa shape index (κ2) is 19.5. The van der Waals surface area contributed by atoms with E-state index in [2.05, 4.69) is 74.4 Å². The van der Waals surface area contributed by atoms with Crippen LogP contribution in [0.3, 0.4) is 0 Å². The van der Waals surface area contributed by atoms with Gasteiger partial charge in [0.05, 0.1) is 16.8 Å². The monoisotopic (exact) mass is 674 g/mol. The molecule has 2 amide bonds. The van der Waals surface area contributed by atoms with Crippen molar-refractivity contribution in [3.05, 3.63) is 52.1 Å². The minimum atomic E-state index is -0.364. The summed E-state index contributed by atoms with van der Waals surface area (Å²) >= 11 is 0. The van der Waals surface area contributed by atoms with Crippen LogP contribution in [0.1, 0.15) is 177 Å². The molecule has 0 unspecified atom stereocenters. The lowest BCUT2D eigenvalue weighted by Crippen LogP contribution is -2.30. The van der Waals surface area contributed by atoms with Crippen molar-refractivity contribution in [3.63, 3.8) is 0 Å². The van der Waals surface area contributed by atoms with Crippen molar-refractivity contribution in [3.8, 4) is 0 Å². The summed E-state index contributed by atoms with van der Waals surface area (Å²) in [6.45, 7) is 21.0. The first kappa shape index (κ1) is 40.6. The van der Waals surface area contributed by atoms with Gasteiger partial charge in [-0.05, 0) is 115 Å². The maximum absolute atomic E-state index is 13.9. The van der Waals surface area contributed by atoms with Gasteiger partial charge in [0.1, 0.15) is 0 Å². The first-order valence-electron chi connectivity index (χ1n) is 19.9. The fourth-order valence-electron chi connectivity index (χ4n) is 7.57. The van der Waals surface area contributed by atoms with Crippen molar-refractivity contribution < 1.29 is 9.59 Å². The number of imide groups is 1. The molecule has 3 rings (SSSR count). The standard InChI is InChI=1S/C44H71N3O2/c1-29(2)13-10-16-32(7)19-22-35-27-37(47-43(48)41-39(45)25-26-40(46)42(41)44(47)49)28-36(23-20-33(8)17-11-14-30(3)4)38(35)24-21-34(9)18-12-15-31(5)6/h25-34H,10-24,45-46H2,1-9H3/t32-,33-,34-/m0/s1. The van der Waals surface area contributed by atoms with Crippen LogP contribution in [0.2, 0.25) is 0 Å². The highest BCUT2D eigenvalue weighted by atomic mass is 16.2. The number of rotatable bonds is 22. The summed E-state index contributed by atoms with van der Waals surface area (Å²) in [7, 11) is 0. The van der Waals surface area contributed by atoms with Crippen LogP contribution in [0, 0.1) is 35.5 Å². The van der Waals surface area contributed by atoms with Crippen molar-refractivity contribution in [2.75, 3.05) is 16.4 Å². The molecule has 5 nitrogen and oxygen atoms in total. The molecule has 0 bridgehead atoms. The van der Waals surface area contributed by atoms with Crippen LogP contribution in [-0.4, -0.2) is 11.8 Å². The van der Waals surface area contributed by atoms with Crippen molar-refractivity contribution in [1.82, 2.24) is 0 Å². The quantitative estimate of drug-likeness (QED) is 0.0961. The lowest BCUT2D eigenvalue weighted by atomic mass is 9.85. The molecule has 1 heterocycles. The van der Waals surface area contributed by atoms with Crippen molar-refractivity contribution in [2.45, 2.75) is 159 Å². The summed E-state index contributed by atoms with van der Waals surface area (Å²) in [6, 6.07) is 7.57. The summed E-state index contributed by atoms with van der Waals surface area (Å²) in [4.78, 5) is 29.1. The van der Waals surface area contributed by atoms with Crippen LogP contribution >= 0.6 is 0 Å². The van der Waals surface area contributed by atoms with Gasteiger partial charge in [-0.15, -0.1) is 0 Å². The number of benzene rings is 2. The zero-order chi connectivity index (χ0) is 36.2. The molecular formula is C44H71N3O2. The molecule has 0 radical (unpaired) electrons. The Morgan fingerprint density at radius 3 is 1.20 bits per heavy atom. The number of hydrogen-bond acceptors (Lipinski definition) is 4. The van der Waals surface area contributed by atoms with E-state index in [4.69, 9.17) is 11.5 Å². The van der Waals surface area contributed by atoms with Crippen LogP contribution in [0.25, 0.3) is 0 Å².